The van der Waals surface area contributed by atoms with Crippen molar-refractivity contribution in [3.63, 3.8) is 0 Å². The van der Waals surface area contributed by atoms with Gasteiger partial charge in [0.15, 0.2) is 6.61 Å². The number of carbonyl (C=O) groups excluding carboxylic acids is 2. The van der Waals surface area contributed by atoms with Crippen LogP contribution in [0.2, 0.25) is 0 Å². The molecule has 1 aliphatic rings. The van der Waals surface area contributed by atoms with Crippen LogP contribution in [0.15, 0.2) is 47.1 Å². The molecule has 0 saturated heterocycles. The number of carbonyl (C=O) groups is 2. The molecular formula is C25H26N2O4. The Morgan fingerprint density at radius 2 is 2.06 bits per heavy atom. The third-order valence-electron chi connectivity index (χ3n) is 5.59. The van der Waals surface area contributed by atoms with Gasteiger partial charge in [0.25, 0.3) is 5.91 Å². The Morgan fingerprint density at radius 3 is 2.84 bits per heavy atom. The summed E-state index contributed by atoms with van der Waals surface area (Å²) >= 11 is 0. The van der Waals surface area contributed by atoms with Gasteiger partial charge in [-0.2, -0.15) is 0 Å². The molecule has 1 amide bonds. The Hall–Kier alpha value is -3.41. The zero-order chi connectivity index (χ0) is 21.8. The molecule has 0 fully saturated rings. The molecule has 31 heavy (non-hydrogen) atoms. The molecule has 1 N–H and O–H groups in total. The Bertz CT molecular complexity index is 1130. The van der Waals surface area contributed by atoms with E-state index >= 15 is 0 Å². The molecule has 0 bridgehead atoms. The molecule has 6 heteroatoms. The van der Waals surface area contributed by atoms with Crippen LogP contribution < -0.4 is 5.32 Å². The van der Waals surface area contributed by atoms with Crippen molar-refractivity contribution in [2.75, 3.05) is 6.61 Å². The first-order valence-corrected chi connectivity index (χ1v) is 10.7. The maximum atomic E-state index is 13.1. The largest absolute Gasteiger partial charge is 0.465 e. The molecule has 0 unspecified atom stereocenters. The van der Waals surface area contributed by atoms with Gasteiger partial charge in [0.1, 0.15) is 5.76 Å². The van der Waals surface area contributed by atoms with Crippen LogP contribution in [0.5, 0.6) is 0 Å². The number of furan rings is 1. The van der Waals surface area contributed by atoms with Gasteiger partial charge in [0.05, 0.1) is 23.0 Å². The monoisotopic (exact) mass is 418 g/mol. The molecule has 1 aliphatic carbocycles. The van der Waals surface area contributed by atoms with E-state index in [-0.39, 0.29) is 18.6 Å². The predicted molar refractivity (Wildman–Crippen MR) is 119 cm³/mol. The summed E-state index contributed by atoms with van der Waals surface area (Å²) in [5.74, 6) is -0.0367. The van der Waals surface area contributed by atoms with Crippen molar-refractivity contribution in [1.29, 1.82) is 0 Å². The molecule has 0 radical (unpaired) electrons. The highest BCUT2D eigenvalue weighted by molar-refractivity contribution is 6.07. The highest BCUT2D eigenvalue weighted by Crippen LogP contribution is 2.36. The molecular weight excluding hydrogens is 392 g/mol. The minimum Gasteiger partial charge on any atom is -0.465 e. The molecule has 1 atom stereocenters. The summed E-state index contributed by atoms with van der Waals surface area (Å²) in [7, 11) is 0. The number of hydrogen-bond donors (Lipinski definition) is 1. The van der Waals surface area contributed by atoms with Crippen molar-refractivity contribution in [2.24, 2.45) is 0 Å². The third-order valence-corrected chi connectivity index (χ3v) is 5.59. The second-order valence-electron chi connectivity index (χ2n) is 7.82. The Balaban J connectivity index is 1.71. The molecule has 0 spiro atoms. The first-order valence-electron chi connectivity index (χ1n) is 10.7. The topological polar surface area (TPSA) is 81.4 Å². The fourth-order valence-electron chi connectivity index (χ4n) is 3.88. The lowest BCUT2D eigenvalue weighted by atomic mass is 9.86. The number of allylic oxidation sites excluding steroid dienone is 1. The number of pyridine rings is 1. The van der Waals surface area contributed by atoms with Crippen LogP contribution >= 0.6 is 0 Å². The Kier molecular flexibility index (Phi) is 6.16. The minimum atomic E-state index is -0.492. The number of ether oxygens (including phenoxy) is 1. The number of fused-ring (bicyclic) bond motifs is 2. The van der Waals surface area contributed by atoms with Crippen molar-refractivity contribution in [1.82, 2.24) is 10.3 Å². The Morgan fingerprint density at radius 1 is 1.23 bits per heavy atom. The number of hydrogen-bond acceptors (Lipinski definition) is 5. The van der Waals surface area contributed by atoms with E-state index < -0.39 is 5.97 Å². The molecule has 0 aliphatic heterocycles. The van der Waals surface area contributed by atoms with Crippen LogP contribution in [0.4, 0.5) is 0 Å². The number of para-hydroxylation sites is 1. The van der Waals surface area contributed by atoms with Crippen LogP contribution in [0, 0.1) is 0 Å². The zero-order valence-electron chi connectivity index (χ0n) is 17.8. The molecule has 3 aromatic rings. The maximum Gasteiger partial charge on any atom is 0.339 e. The van der Waals surface area contributed by atoms with Crippen LogP contribution in [0.25, 0.3) is 22.6 Å². The molecule has 2 aromatic heterocycles. The van der Waals surface area contributed by atoms with Crippen molar-refractivity contribution in [2.45, 2.75) is 45.6 Å². The number of rotatable bonds is 6. The fourth-order valence-corrected chi connectivity index (χ4v) is 3.88. The van der Waals surface area contributed by atoms with Gasteiger partial charge < -0.3 is 14.5 Å². The van der Waals surface area contributed by atoms with E-state index in [1.54, 1.807) is 6.26 Å². The highest BCUT2D eigenvalue weighted by Gasteiger charge is 2.26. The molecule has 0 saturated carbocycles. The third kappa shape index (κ3) is 4.53. The van der Waals surface area contributed by atoms with E-state index in [0.29, 0.717) is 5.56 Å². The van der Waals surface area contributed by atoms with Crippen molar-refractivity contribution in [3.8, 4) is 0 Å². The SMILES string of the molecule is CC[C@@H](C)NC(=O)COC(=O)c1c2c(nc3ccccc13)/C(=C\c1ccco1)CCC2. The van der Waals surface area contributed by atoms with Gasteiger partial charge in [0.2, 0.25) is 0 Å². The lowest BCUT2D eigenvalue weighted by molar-refractivity contribution is -0.124. The van der Waals surface area contributed by atoms with Crippen molar-refractivity contribution in [3.05, 3.63) is 65.2 Å². The van der Waals surface area contributed by atoms with Gasteiger partial charge in [-0.05, 0) is 68.0 Å². The van der Waals surface area contributed by atoms with E-state index in [4.69, 9.17) is 14.1 Å². The standard InChI is InChI=1S/C25H26N2O4/c1-3-16(2)26-22(28)15-31-25(29)23-19-10-4-5-12-21(19)27-24-17(8-6-11-20(23)24)14-18-9-7-13-30-18/h4-5,7,9-10,12-14,16H,3,6,8,11,15H2,1-2H3,(H,26,28)/b17-14-/t16-/m1/s1. The summed E-state index contributed by atoms with van der Waals surface area (Å²) in [6.07, 6.45) is 6.91. The van der Waals surface area contributed by atoms with Gasteiger partial charge in [-0.1, -0.05) is 25.1 Å². The number of nitrogens with one attached hydrogen (secondary N) is 1. The summed E-state index contributed by atoms with van der Waals surface area (Å²) in [6.45, 7) is 3.60. The second kappa shape index (κ2) is 9.16. The maximum absolute atomic E-state index is 13.1. The fraction of sp³-hybridized carbons (Fsp3) is 0.320. The number of esters is 1. The normalized spacial score (nSPS) is 15.5. The molecule has 6 nitrogen and oxygen atoms in total. The average molecular weight is 418 g/mol. The van der Waals surface area contributed by atoms with E-state index in [1.165, 1.54) is 0 Å². The molecule has 2 heterocycles. The zero-order valence-corrected chi connectivity index (χ0v) is 17.8. The van der Waals surface area contributed by atoms with E-state index in [9.17, 15) is 9.59 Å². The number of aromatic nitrogens is 1. The van der Waals surface area contributed by atoms with Gasteiger partial charge in [-0.25, -0.2) is 9.78 Å². The molecule has 4 rings (SSSR count). The molecule has 160 valence electrons. The summed E-state index contributed by atoms with van der Waals surface area (Å²) in [6, 6.07) is 11.3. The van der Waals surface area contributed by atoms with Crippen molar-refractivity contribution >= 4 is 34.4 Å². The highest BCUT2D eigenvalue weighted by atomic mass is 16.5. The number of amides is 1. The quantitative estimate of drug-likeness (QED) is 0.583. The second-order valence-corrected chi connectivity index (χ2v) is 7.82. The minimum absolute atomic E-state index is 0.0370. The lowest BCUT2D eigenvalue weighted by Crippen LogP contribution is -2.35. The average Bonchev–Trinajstić information content (AvgIpc) is 3.29. The van der Waals surface area contributed by atoms with Crippen LogP contribution in [0.1, 0.15) is 60.5 Å². The summed E-state index contributed by atoms with van der Waals surface area (Å²) in [5, 5.41) is 3.56. The summed E-state index contributed by atoms with van der Waals surface area (Å²) in [5.41, 5.74) is 3.93. The van der Waals surface area contributed by atoms with E-state index in [1.807, 2.05) is 56.3 Å². The predicted octanol–water partition coefficient (Wildman–Crippen LogP) is 4.78. The van der Waals surface area contributed by atoms with Crippen LogP contribution in [-0.4, -0.2) is 29.5 Å². The first-order chi connectivity index (χ1) is 15.1. The van der Waals surface area contributed by atoms with Gasteiger partial charge in [-0.3, -0.25) is 4.79 Å². The summed E-state index contributed by atoms with van der Waals surface area (Å²) < 4.78 is 10.9. The molecule has 1 aromatic carbocycles. The van der Waals surface area contributed by atoms with Gasteiger partial charge >= 0.3 is 5.97 Å². The van der Waals surface area contributed by atoms with Gasteiger partial charge in [-0.15, -0.1) is 0 Å². The van der Waals surface area contributed by atoms with Crippen LogP contribution in [-0.2, 0) is 16.0 Å². The lowest BCUT2D eigenvalue weighted by Gasteiger charge is -2.22. The Labute approximate surface area is 181 Å². The number of benzene rings is 1. The smallest absolute Gasteiger partial charge is 0.339 e. The van der Waals surface area contributed by atoms with E-state index in [0.717, 1.165) is 59.2 Å². The number of nitrogens with zero attached hydrogens (tertiary/aromatic N) is 1. The summed E-state index contributed by atoms with van der Waals surface area (Å²) in [4.78, 5) is 30.1. The van der Waals surface area contributed by atoms with Crippen molar-refractivity contribution < 1.29 is 18.7 Å². The first kappa shape index (κ1) is 20.8. The van der Waals surface area contributed by atoms with E-state index in [2.05, 4.69) is 5.32 Å². The van der Waals surface area contributed by atoms with Gasteiger partial charge in [0, 0.05) is 11.4 Å². The van der Waals surface area contributed by atoms with Crippen LogP contribution in [0.3, 0.4) is 0 Å².